The Bertz CT molecular complexity index is 1100. The Labute approximate surface area is 216 Å². The van der Waals surface area contributed by atoms with Gasteiger partial charge in [0.25, 0.3) is 0 Å². The number of benzene rings is 1. The third-order valence-corrected chi connectivity index (χ3v) is 8.45. The van der Waals surface area contributed by atoms with Crippen molar-refractivity contribution in [1.82, 2.24) is 14.9 Å². The van der Waals surface area contributed by atoms with Gasteiger partial charge in [0.15, 0.2) is 0 Å². The average Bonchev–Trinajstić information content (AvgIpc) is 2.90. The minimum atomic E-state index is -1.23. The highest BCUT2D eigenvalue weighted by Gasteiger charge is 2.35. The zero-order valence-corrected chi connectivity index (χ0v) is 21.7. The van der Waals surface area contributed by atoms with E-state index in [9.17, 15) is 5.11 Å². The summed E-state index contributed by atoms with van der Waals surface area (Å²) >= 11 is 8.23. The standard InChI is InChI=1S/C27H33ClFN3O2S/c1-34-20-5-6-25-22(16-20)26(23(28)18-31-25)24(29)7-8-27(19-33)9-13-32(14-10-27)12-3-15-35-21-4-2-11-30-17-21/h2,4-6,11,16-18,24,33H,3,7-10,12-15,19H2,1H3/t24-/m0/s1. The molecule has 3 aromatic rings. The van der Waals surface area contributed by atoms with Crippen molar-refractivity contribution in [2.75, 3.05) is 39.1 Å². The lowest BCUT2D eigenvalue weighted by Gasteiger charge is -2.41. The van der Waals surface area contributed by atoms with Crippen LogP contribution >= 0.6 is 23.4 Å². The van der Waals surface area contributed by atoms with Gasteiger partial charge in [0.2, 0.25) is 0 Å². The highest BCUT2D eigenvalue weighted by molar-refractivity contribution is 7.99. The predicted molar refractivity (Wildman–Crippen MR) is 141 cm³/mol. The molecule has 1 aliphatic heterocycles. The second kappa shape index (κ2) is 12.3. The molecule has 2 aromatic heterocycles. The van der Waals surface area contributed by atoms with Crippen molar-refractivity contribution in [2.45, 2.75) is 43.2 Å². The van der Waals surface area contributed by atoms with Crippen molar-refractivity contribution in [2.24, 2.45) is 5.41 Å². The maximum atomic E-state index is 15.6. The van der Waals surface area contributed by atoms with E-state index in [1.807, 2.05) is 36.2 Å². The quantitative estimate of drug-likeness (QED) is 0.236. The van der Waals surface area contributed by atoms with Gasteiger partial charge in [-0.3, -0.25) is 9.97 Å². The molecule has 1 aliphatic rings. The molecule has 5 nitrogen and oxygen atoms in total. The topological polar surface area (TPSA) is 58.5 Å². The number of rotatable bonds is 11. The molecule has 1 aromatic carbocycles. The zero-order valence-electron chi connectivity index (χ0n) is 20.1. The average molecular weight is 518 g/mol. The van der Waals surface area contributed by atoms with E-state index in [0.29, 0.717) is 40.1 Å². The number of nitrogens with zero attached hydrogens (tertiary/aromatic N) is 3. The van der Waals surface area contributed by atoms with Crippen LogP contribution in [0.15, 0.2) is 53.8 Å². The van der Waals surface area contributed by atoms with E-state index in [4.69, 9.17) is 16.3 Å². The van der Waals surface area contributed by atoms with E-state index >= 15 is 4.39 Å². The van der Waals surface area contributed by atoms with Crippen LogP contribution in [-0.2, 0) is 0 Å². The molecule has 35 heavy (non-hydrogen) atoms. The van der Waals surface area contributed by atoms with E-state index in [1.165, 1.54) is 11.1 Å². The summed E-state index contributed by atoms with van der Waals surface area (Å²) in [5.41, 5.74) is 0.921. The molecule has 0 bridgehead atoms. The Kier molecular flexibility index (Phi) is 9.22. The molecule has 0 radical (unpaired) electrons. The Morgan fingerprint density at radius 3 is 2.80 bits per heavy atom. The molecule has 4 rings (SSSR count). The van der Waals surface area contributed by atoms with Crippen molar-refractivity contribution in [3.05, 3.63) is 59.5 Å². The largest absolute Gasteiger partial charge is 0.497 e. The molecule has 0 amide bonds. The van der Waals surface area contributed by atoms with Crippen LogP contribution in [0.3, 0.4) is 0 Å². The molecule has 8 heteroatoms. The Morgan fingerprint density at radius 1 is 1.26 bits per heavy atom. The van der Waals surface area contributed by atoms with Crippen LogP contribution in [0.4, 0.5) is 4.39 Å². The smallest absolute Gasteiger partial charge is 0.127 e. The summed E-state index contributed by atoms with van der Waals surface area (Å²) in [4.78, 5) is 12.2. The number of pyridine rings is 2. The number of alkyl halides is 1. The number of aromatic nitrogens is 2. The number of likely N-dealkylation sites (tertiary alicyclic amines) is 1. The molecule has 1 saturated heterocycles. The number of thioether (sulfide) groups is 1. The first-order valence-corrected chi connectivity index (χ1v) is 13.5. The highest BCUT2D eigenvalue weighted by atomic mass is 35.5. The lowest BCUT2D eigenvalue weighted by atomic mass is 9.74. The monoisotopic (exact) mass is 517 g/mol. The number of methoxy groups -OCH3 is 1. The minimum absolute atomic E-state index is 0.0864. The number of ether oxygens (including phenoxy) is 1. The maximum Gasteiger partial charge on any atom is 0.127 e. The lowest BCUT2D eigenvalue weighted by Crippen LogP contribution is -2.42. The van der Waals surface area contributed by atoms with Gasteiger partial charge in [0, 0.05) is 41.0 Å². The fraction of sp³-hybridized carbons (Fsp3) is 0.481. The van der Waals surface area contributed by atoms with Crippen molar-refractivity contribution >= 4 is 34.3 Å². The molecule has 1 N–H and O–H groups in total. The SMILES string of the molecule is COc1ccc2ncc(Cl)c([C@@H](F)CCC3(CO)CCN(CCCSc4cccnc4)CC3)c2c1. The molecule has 0 aliphatic carbocycles. The summed E-state index contributed by atoms with van der Waals surface area (Å²) in [6.07, 6.45) is 7.79. The number of piperidine rings is 1. The normalized spacial score (nSPS) is 16.9. The van der Waals surface area contributed by atoms with Crippen LogP contribution in [0, 0.1) is 5.41 Å². The molecule has 1 atom stereocenters. The zero-order chi connectivity index (χ0) is 24.7. The van der Waals surface area contributed by atoms with E-state index in [0.717, 1.165) is 44.6 Å². The molecular weight excluding hydrogens is 485 g/mol. The molecule has 0 saturated carbocycles. The van der Waals surface area contributed by atoms with Crippen molar-refractivity contribution in [3.63, 3.8) is 0 Å². The van der Waals surface area contributed by atoms with Crippen molar-refractivity contribution in [3.8, 4) is 5.75 Å². The van der Waals surface area contributed by atoms with Crippen LogP contribution in [0.5, 0.6) is 5.75 Å². The predicted octanol–water partition coefficient (Wildman–Crippen LogP) is 6.34. The number of halogens is 2. The van der Waals surface area contributed by atoms with Gasteiger partial charge in [-0.1, -0.05) is 11.6 Å². The van der Waals surface area contributed by atoms with Crippen LogP contribution < -0.4 is 4.74 Å². The van der Waals surface area contributed by atoms with Crippen molar-refractivity contribution in [1.29, 1.82) is 0 Å². The maximum absolute atomic E-state index is 15.6. The number of hydrogen-bond donors (Lipinski definition) is 1. The third kappa shape index (κ3) is 6.64. The fourth-order valence-electron chi connectivity index (χ4n) is 4.84. The van der Waals surface area contributed by atoms with E-state index < -0.39 is 6.17 Å². The molecule has 188 valence electrons. The molecule has 3 heterocycles. The Balaban J connectivity index is 1.30. The van der Waals surface area contributed by atoms with Gasteiger partial charge in [-0.15, -0.1) is 11.8 Å². The van der Waals surface area contributed by atoms with Gasteiger partial charge in [0.1, 0.15) is 11.9 Å². The first-order valence-electron chi connectivity index (χ1n) is 12.2. The van der Waals surface area contributed by atoms with Gasteiger partial charge >= 0.3 is 0 Å². The Hall–Kier alpha value is -1.93. The second-order valence-electron chi connectivity index (χ2n) is 9.30. The summed E-state index contributed by atoms with van der Waals surface area (Å²) < 4.78 is 20.9. The first kappa shape index (κ1) is 26.1. The van der Waals surface area contributed by atoms with Gasteiger partial charge in [-0.2, -0.15) is 0 Å². The third-order valence-electron chi connectivity index (χ3n) is 7.08. The van der Waals surface area contributed by atoms with Crippen LogP contribution in [-0.4, -0.2) is 59.1 Å². The summed E-state index contributed by atoms with van der Waals surface area (Å²) in [6, 6.07) is 9.48. The lowest BCUT2D eigenvalue weighted by molar-refractivity contribution is 0.0304. The van der Waals surface area contributed by atoms with Crippen LogP contribution in [0.25, 0.3) is 10.9 Å². The minimum Gasteiger partial charge on any atom is -0.497 e. The number of aliphatic hydroxyl groups excluding tert-OH is 1. The number of fused-ring (bicyclic) bond motifs is 1. The molecule has 1 fully saturated rings. The second-order valence-corrected chi connectivity index (χ2v) is 10.9. The van der Waals surface area contributed by atoms with Crippen LogP contribution in [0.1, 0.15) is 43.8 Å². The van der Waals surface area contributed by atoms with Crippen molar-refractivity contribution < 1.29 is 14.2 Å². The van der Waals surface area contributed by atoms with E-state index in [2.05, 4.69) is 20.9 Å². The van der Waals surface area contributed by atoms with Gasteiger partial charge in [-0.05, 0) is 93.2 Å². The fourth-order valence-corrected chi connectivity index (χ4v) is 5.93. The summed E-state index contributed by atoms with van der Waals surface area (Å²) in [5.74, 6) is 1.70. The molecule has 0 unspecified atom stereocenters. The molecular formula is C27H33ClFN3O2S. The van der Waals surface area contributed by atoms with E-state index in [1.54, 1.807) is 19.4 Å². The number of hydrogen-bond acceptors (Lipinski definition) is 6. The number of aliphatic hydroxyl groups is 1. The van der Waals surface area contributed by atoms with E-state index in [-0.39, 0.29) is 12.0 Å². The molecule has 0 spiro atoms. The van der Waals surface area contributed by atoms with Crippen LogP contribution in [0.2, 0.25) is 5.02 Å². The highest BCUT2D eigenvalue weighted by Crippen LogP contribution is 2.42. The summed E-state index contributed by atoms with van der Waals surface area (Å²) in [7, 11) is 1.59. The Morgan fingerprint density at radius 2 is 2.09 bits per heavy atom. The first-order chi connectivity index (χ1) is 17.0. The van der Waals surface area contributed by atoms with Gasteiger partial charge in [0.05, 0.1) is 17.6 Å². The summed E-state index contributed by atoms with van der Waals surface area (Å²) in [5, 5.41) is 11.3. The van der Waals surface area contributed by atoms with Gasteiger partial charge in [-0.25, -0.2) is 4.39 Å². The van der Waals surface area contributed by atoms with Gasteiger partial charge < -0.3 is 14.7 Å². The summed E-state index contributed by atoms with van der Waals surface area (Å²) in [6.45, 7) is 3.00.